The van der Waals surface area contributed by atoms with Gasteiger partial charge in [0.15, 0.2) is 0 Å². The molecule has 1 aromatic rings. The van der Waals surface area contributed by atoms with Gasteiger partial charge in [0.25, 0.3) is 0 Å². The molecule has 0 aliphatic carbocycles. The minimum Gasteiger partial charge on any atom is -0.316 e. The molecule has 98 valence electrons. The maximum atomic E-state index is 3.34. The molecule has 0 amide bonds. The predicted molar refractivity (Wildman–Crippen MR) is 78.2 cm³/mol. The van der Waals surface area contributed by atoms with Gasteiger partial charge < -0.3 is 10.2 Å². The van der Waals surface area contributed by atoms with Crippen LogP contribution in [0.25, 0.3) is 0 Å². The van der Waals surface area contributed by atoms with Crippen molar-refractivity contribution in [1.29, 1.82) is 0 Å². The molecule has 0 spiro atoms. The molecule has 1 N–H and O–H groups in total. The Morgan fingerprint density at radius 1 is 1.39 bits per heavy atom. The van der Waals surface area contributed by atoms with Gasteiger partial charge in [-0.2, -0.15) is 0 Å². The summed E-state index contributed by atoms with van der Waals surface area (Å²) >= 11 is 2.02. The molecular weight excluding hydrogens is 240 g/mol. The molecule has 2 nitrogen and oxygen atoms in total. The van der Waals surface area contributed by atoms with E-state index >= 15 is 0 Å². The molecular formula is C15H22N2S. The highest BCUT2D eigenvalue weighted by Crippen LogP contribution is 2.30. The largest absolute Gasteiger partial charge is 0.316 e. The summed E-state index contributed by atoms with van der Waals surface area (Å²) in [6.45, 7) is 4.71. The van der Waals surface area contributed by atoms with Crippen LogP contribution in [0.1, 0.15) is 17.5 Å². The van der Waals surface area contributed by atoms with Crippen LogP contribution in [-0.2, 0) is 13.0 Å². The minimum absolute atomic E-state index is 0.864. The van der Waals surface area contributed by atoms with Crippen molar-refractivity contribution in [2.24, 2.45) is 5.92 Å². The van der Waals surface area contributed by atoms with E-state index in [4.69, 9.17) is 0 Å². The quantitative estimate of drug-likeness (QED) is 0.897. The van der Waals surface area contributed by atoms with Gasteiger partial charge in [0, 0.05) is 31.1 Å². The van der Waals surface area contributed by atoms with Crippen molar-refractivity contribution in [2.45, 2.75) is 24.3 Å². The van der Waals surface area contributed by atoms with Gasteiger partial charge in [0.2, 0.25) is 0 Å². The van der Waals surface area contributed by atoms with Crippen molar-refractivity contribution in [1.82, 2.24) is 10.2 Å². The zero-order valence-electron chi connectivity index (χ0n) is 11.1. The van der Waals surface area contributed by atoms with Crippen molar-refractivity contribution < 1.29 is 0 Å². The topological polar surface area (TPSA) is 15.3 Å². The first-order chi connectivity index (χ1) is 8.81. The monoisotopic (exact) mass is 262 g/mol. The molecule has 0 unspecified atom stereocenters. The highest BCUT2D eigenvalue weighted by molar-refractivity contribution is 7.99. The van der Waals surface area contributed by atoms with Crippen molar-refractivity contribution in [2.75, 3.05) is 32.4 Å². The van der Waals surface area contributed by atoms with Gasteiger partial charge in [0.05, 0.1) is 0 Å². The smallest absolute Gasteiger partial charge is 0.0230 e. The van der Waals surface area contributed by atoms with E-state index in [1.807, 2.05) is 11.8 Å². The molecule has 0 saturated carbocycles. The van der Waals surface area contributed by atoms with E-state index in [1.54, 1.807) is 5.56 Å². The molecule has 0 bridgehead atoms. The van der Waals surface area contributed by atoms with Crippen LogP contribution in [0.2, 0.25) is 0 Å². The number of benzene rings is 1. The first-order valence-electron chi connectivity index (χ1n) is 6.95. The summed E-state index contributed by atoms with van der Waals surface area (Å²) in [5, 5.41) is 3.34. The normalized spacial score (nSPS) is 19.7. The van der Waals surface area contributed by atoms with E-state index in [-0.39, 0.29) is 0 Å². The summed E-state index contributed by atoms with van der Waals surface area (Å²) in [6, 6.07) is 7.07. The third-order valence-corrected chi connectivity index (χ3v) is 5.06. The lowest BCUT2D eigenvalue weighted by Crippen LogP contribution is -2.47. The van der Waals surface area contributed by atoms with Crippen LogP contribution in [0.5, 0.6) is 0 Å². The third-order valence-electron chi connectivity index (χ3n) is 3.86. The van der Waals surface area contributed by atoms with E-state index < -0.39 is 0 Å². The molecule has 0 aromatic heterocycles. The number of hydrogen-bond donors (Lipinski definition) is 1. The fourth-order valence-electron chi connectivity index (χ4n) is 2.81. The number of hydrogen-bond acceptors (Lipinski definition) is 3. The summed E-state index contributed by atoms with van der Waals surface area (Å²) in [4.78, 5) is 3.97. The number of nitrogens with one attached hydrogen (secondary N) is 1. The van der Waals surface area contributed by atoms with E-state index in [0.717, 1.165) is 12.5 Å². The molecule has 2 heterocycles. The summed E-state index contributed by atoms with van der Waals surface area (Å²) < 4.78 is 0. The van der Waals surface area contributed by atoms with Gasteiger partial charge in [-0.15, -0.1) is 11.8 Å². The third kappa shape index (κ3) is 2.90. The fourth-order valence-corrected chi connectivity index (χ4v) is 3.83. The average Bonchev–Trinajstić information content (AvgIpc) is 2.34. The Kier molecular flexibility index (Phi) is 3.92. The molecule has 18 heavy (non-hydrogen) atoms. The number of fused-ring (bicyclic) bond motifs is 1. The lowest BCUT2D eigenvalue weighted by molar-refractivity contribution is 0.218. The Hall–Kier alpha value is -0.510. The van der Waals surface area contributed by atoms with Crippen molar-refractivity contribution in [3.8, 4) is 0 Å². The van der Waals surface area contributed by atoms with Crippen LogP contribution in [0.4, 0.5) is 0 Å². The second-order valence-electron chi connectivity index (χ2n) is 5.62. The van der Waals surface area contributed by atoms with Crippen LogP contribution in [-0.4, -0.2) is 37.3 Å². The standard InChI is InChI=1S/C15H22N2S/c1-17(11-13-8-16-9-13)10-12-4-5-15-14(7-12)3-2-6-18-15/h4-5,7,13,16H,2-3,6,8-11H2,1H3. The Morgan fingerprint density at radius 2 is 2.28 bits per heavy atom. The average molecular weight is 262 g/mol. The van der Waals surface area contributed by atoms with E-state index in [1.165, 1.54) is 48.7 Å². The van der Waals surface area contributed by atoms with Gasteiger partial charge in [-0.3, -0.25) is 0 Å². The molecule has 3 rings (SSSR count). The van der Waals surface area contributed by atoms with Gasteiger partial charge in [-0.25, -0.2) is 0 Å². The summed E-state index contributed by atoms with van der Waals surface area (Å²) in [5.74, 6) is 2.16. The van der Waals surface area contributed by atoms with Gasteiger partial charge >= 0.3 is 0 Å². The van der Waals surface area contributed by atoms with Crippen LogP contribution in [0.15, 0.2) is 23.1 Å². The molecule has 1 aromatic carbocycles. The number of aryl methyl sites for hydroxylation is 1. The van der Waals surface area contributed by atoms with Gasteiger partial charge in [-0.05, 0) is 48.8 Å². The van der Waals surface area contributed by atoms with Gasteiger partial charge in [0.1, 0.15) is 0 Å². The van der Waals surface area contributed by atoms with E-state index in [0.29, 0.717) is 0 Å². The lowest BCUT2D eigenvalue weighted by Gasteiger charge is -2.31. The molecule has 1 saturated heterocycles. The van der Waals surface area contributed by atoms with Crippen LogP contribution < -0.4 is 5.32 Å². The van der Waals surface area contributed by atoms with E-state index in [9.17, 15) is 0 Å². The fraction of sp³-hybridized carbons (Fsp3) is 0.600. The first-order valence-corrected chi connectivity index (χ1v) is 7.94. The maximum Gasteiger partial charge on any atom is 0.0230 e. The number of thioether (sulfide) groups is 1. The number of rotatable bonds is 4. The minimum atomic E-state index is 0.864. The second kappa shape index (κ2) is 5.64. The molecule has 0 atom stereocenters. The molecule has 2 aliphatic rings. The second-order valence-corrected chi connectivity index (χ2v) is 6.75. The summed E-state index contributed by atoms with van der Waals surface area (Å²) in [5.41, 5.74) is 3.05. The van der Waals surface area contributed by atoms with Crippen molar-refractivity contribution >= 4 is 11.8 Å². The highest BCUT2D eigenvalue weighted by atomic mass is 32.2. The zero-order chi connectivity index (χ0) is 12.4. The SMILES string of the molecule is CN(Cc1ccc2c(c1)CCCS2)CC1CNC1. The maximum absolute atomic E-state index is 3.34. The summed E-state index contributed by atoms with van der Waals surface area (Å²) in [6.07, 6.45) is 2.61. The zero-order valence-corrected chi connectivity index (χ0v) is 11.9. The lowest BCUT2D eigenvalue weighted by atomic mass is 10.0. The number of nitrogens with zero attached hydrogens (tertiary/aromatic N) is 1. The molecule has 2 aliphatic heterocycles. The Labute approximate surface area is 114 Å². The van der Waals surface area contributed by atoms with Crippen LogP contribution in [0, 0.1) is 5.92 Å². The van der Waals surface area contributed by atoms with Crippen LogP contribution in [0.3, 0.4) is 0 Å². The Bertz CT molecular complexity index is 415. The predicted octanol–water partition coefficient (Wildman–Crippen LogP) is 2.38. The van der Waals surface area contributed by atoms with Crippen molar-refractivity contribution in [3.63, 3.8) is 0 Å². The first kappa shape index (κ1) is 12.5. The van der Waals surface area contributed by atoms with E-state index in [2.05, 4.69) is 35.5 Å². The summed E-state index contributed by atoms with van der Waals surface area (Å²) in [7, 11) is 2.24. The Balaban J connectivity index is 1.61. The molecule has 0 radical (unpaired) electrons. The Morgan fingerprint density at radius 3 is 3.06 bits per heavy atom. The van der Waals surface area contributed by atoms with Crippen LogP contribution >= 0.6 is 11.8 Å². The highest BCUT2D eigenvalue weighted by Gasteiger charge is 2.18. The molecule has 1 fully saturated rings. The van der Waals surface area contributed by atoms with Crippen molar-refractivity contribution in [3.05, 3.63) is 29.3 Å². The van der Waals surface area contributed by atoms with Gasteiger partial charge in [-0.1, -0.05) is 12.1 Å². The molecule has 3 heteroatoms.